The topological polar surface area (TPSA) is 86.7 Å². The number of thiophene rings is 1. The van der Waals surface area contributed by atoms with Crippen molar-refractivity contribution in [2.45, 2.75) is 24.4 Å². The van der Waals surface area contributed by atoms with Gasteiger partial charge in [0.25, 0.3) is 5.69 Å². The Morgan fingerprint density at radius 1 is 1.14 bits per heavy atom. The van der Waals surface area contributed by atoms with Crippen LogP contribution in [0, 0.1) is 17.0 Å². The number of hydrogen-bond donors (Lipinski definition) is 0. The van der Waals surface area contributed by atoms with Crippen LogP contribution in [0.4, 0.5) is 5.69 Å². The fraction of sp³-hybridized carbons (Fsp3) is 0.150. The van der Waals surface area contributed by atoms with E-state index in [1.807, 2.05) is 40.3 Å². The zero-order chi connectivity index (χ0) is 20.2. The van der Waals surface area contributed by atoms with E-state index in [0.29, 0.717) is 23.7 Å². The maximum atomic E-state index is 11.2. The van der Waals surface area contributed by atoms with Crippen LogP contribution in [-0.2, 0) is 12.3 Å². The van der Waals surface area contributed by atoms with E-state index in [1.54, 1.807) is 30.5 Å². The van der Waals surface area contributed by atoms with E-state index >= 15 is 0 Å². The molecule has 0 N–H and O–H groups in total. The van der Waals surface area contributed by atoms with Crippen LogP contribution in [0.2, 0.25) is 0 Å². The minimum absolute atomic E-state index is 0.136. The molecule has 9 heteroatoms. The molecule has 7 nitrogen and oxygen atoms in total. The number of nitrogens with zero attached hydrogens (tertiary/aromatic N) is 5. The molecular formula is C20H17N5O2S2. The first-order valence-corrected chi connectivity index (χ1v) is 10.7. The zero-order valence-corrected chi connectivity index (χ0v) is 17.2. The molecule has 1 aromatic carbocycles. The van der Waals surface area contributed by atoms with Crippen molar-refractivity contribution in [1.29, 1.82) is 0 Å². The standard InChI is InChI=1S/C20H17N5O2S2/c1-14-15(6-4-9-18(14)25(26)27)13-29-20-23-22-19(17-8-2-3-10-21-17)24(20)12-16-7-5-11-28-16/h2-11H,12-13H2,1H3. The zero-order valence-electron chi connectivity index (χ0n) is 15.6. The van der Waals surface area contributed by atoms with Crippen LogP contribution in [0.5, 0.6) is 0 Å². The fourth-order valence-corrected chi connectivity index (χ4v) is 4.64. The van der Waals surface area contributed by atoms with Crippen LogP contribution in [-0.4, -0.2) is 24.7 Å². The summed E-state index contributed by atoms with van der Waals surface area (Å²) in [6.45, 7) is 2.43. The largest absolute Gasteiger partial charge is 0.295 e. The Labute approximate surface area is 175 Å². The highest BCUT2D eigenvalue weighted by atomic mass is 32.2. The summed E-state index contributed by atoms with van der Waals surface area (Å²) in [5, 5.41) is 22.8. The van der Waals surface area contributed by atoms with E-state index in [-0.39, 0.29) is 10.6 Å². The fourth-order valence-electron chi connectivity index (χ4n) is 2.95. The van der Waals surface area contributed by atoms with E-state index in [1.165, 1.54) is 22.7 Å². The normalized spacial score (nSPS) is 10.9. The van der Waals surface area contributed by atoms with Crippen molar-refractivity contribution in [3.8, 4) is 11.5 Å². The quantitative estimate of drug-likeness (QED) is 0.237. The molecular weight excluding hydrogens is 406 g/mol. The van der Waals surface area contributed by atoms with Crippen molar-refractivity contribution in [3.05, 3.63) is 86.2 Å². The van der Waals surface area contributed by atoms with E-state index in [2.05, 4.69) is 21.2 Å². The van der Waals surface area contributed by atoms with Crippen molar-refractivity contribution in [1.82, 2.24) is 19.7 Å². The number of nitro benzene ring substituents is 1. The Balaban J connectivity index is 1.65. The molecule has 0 aliphatic rings. The predicted octanol–water partition coefficient (Wildman–Crippen LogP) is 4.96. The Hall–Kier alpha value is -3.04. The molecule has 0 saturated carbocycles. The molecule has 4 aromatic rings. The van der Waals surface area contributed by atoms with Crippen molar-refractivity contribution >= 4 is 28.8 Å². The third-order valence-corrected chi connectivity index (χ3v) is 6.35. The molecule has 29 heavy (non-hydrogen) atoms. The molecule has 0 spiro atoms. The van der Waals surface area contributed by atoms with E-state index in [0.717, 1.165) is 16.4 Å². The molecule has 0 bridgehead atoms. The minimum Gasteiger partial charge on any atom is -0.295 e. The molecule has 0 radical (unpaired) electrons. The number of hydrogen-bond acceptors (Lipinski definition) is 7. The van der Waals surface area contributed by atoms with Crippen LogP contribution in [0.1, 0.15) is 16.0 Å². The van der Waals surface area contributed by atoms with Crippen molar-refractivity contribution < 1.29 is 4.92 Å². The molecule has 0 fully saturated rings. The number of rotatable bonds is 7. The molecule has 4 rings (SSSR count). The van der Waals surface area contributed by atoms with Gasteiger partial charge >= 0.3 is 0 Å². The highest BCUT2D eigenvalue weighted by molar-refractivity contribution is 7.98. The van der Waals surface area contributed by atoms with Gasteiger partial charge in [0.2, 0.25) is 0 Å². The second-order valence-electron chi connectivity index (χ2n) is 6.29. The van der Waals surface area contributed by atoms with Crippen LogP contribution in [0.15, 0.2) is 65.3 Å². The minimum atomic E-state index is -0.345. The lowest BCUT2D eigenvalue weighted by atomic mass is 10.1. The summed E-state index contributed by atoms with van der Waals surface area (Å²) >= 11 is 3.19. The number of pyridine rings is 1. The maximum Gasteiger partial charge on any atom is 0.272 e. The van der Waals surface area contributed by atoms with Crippen LogP contribution >= 0.6 is 23.1 Å². The molecule has 0 unspecified atom stereocenters. The number of thioether (sulfide) groups is 1. The maximum absolute atomic E-state index is 11.2. The molecule has 3 aromatic heterocycles. The predicted molar refractivity (Wildman–Crippen MR) is 114 cm³/mol. The van der Waals surface area contributed by atoms with Gasteiger partial charge in [-0.1, -0.05) is 36.0 Å². The highest BCUT2D eigenvalue weighted by Crippen LogP contribution is 2.30. The van der Waals surface area contributed by atoms with Gasteiger partial charge in [0.1, 0.15) is 5.69 Å². The summed E-state index contributed by atoms with van der Waals surface area (Å²) in [7, 11) is 0. The lowest BCUT2D eigenvalue weighted by Crippen LogP contribution is -2.04. The number of benzene rings is 1. The molecule has 0 amide bonds. The van der Waals surface area contributed by atoms with E-state index in [4.69, 9.17) is 0 Å². The molecule has 0 aliphatic heterocycles. The average molecular weight is 424 g/mol. The lowest BCUT2D eigenvalue weighted by molar-refractivity contribution is -0.385. The third kappa shape index (κ3) is 4.20. The summed E-state index contributed by atoms with van der Waals surface area (Å²) < 4.78 is 2.05. The van der Waals surface area contributed by atoms with Gasteiger partial charge in [0, 0.05) is 28.5 Å². The number of nitro groups is 1. The molecule has 0 aliphatic carbocycles. The smallest absolute Gasteiger partial charge is 0.272 e. The van der Waals surface area contributed by atoms with Gasteiger partial charge in [0.15, 0.2) is 11.0 Å². The third-order valence-electron chi connectivity index (χ3n) is 4.48. The summed E-state index contributed by atoms with van der Waals surface area (Å²) in [6, 6.07) is 15.0. The second kappa shape index (κ2) is 8.54. The average Bonchev–Trinajstić information content (AvgIpc) is 3.38. The highest BCUT2D eigenvalue weighted by Gasteiger charge is 2.18. The summed E-state index contributed by atoms with van der Waals surface area (Å²) in [5.41, 5.74) is 2.49. The summed E-state index contributed by atoms with van der Waals surface area (Å²) in [4.78, 5) is 16.5. The Morgan fingerprint density at radius 3 is 2.76 bits per heavy atom. The second-order valence-corrected chi connectivity index (χ2v) is 8.27. The lowest BCUT2D eigenvalue weighted by Gasteiger charge is -2.10. The number of aromatic nitrogens is 4. The Morgan fingerprint density at radius 2 is 2.03 bits per heavy atom. The van der Waals surface area contributed by atoms with Crippen LogP contribution in [0.3, 0.4) is 0 Å². The van der Waals surface area contributed by atoms with E-state index < -0.39 is 0 Å². The SMILES string of the molecule is Cc1c(CSc2nnc(-c3ccccn3)n2Cc2cccs2)cccc1[N+](=O)[O-]. The van der Waals surface area contributed by atoms with Gasteiger partial charge in [-0.3, -0.25) is 19.7 Å². The van der Waals surface area contributed by atoms with Gasteiger partial charge in [-0.05, 0) is 36.1 Å². The first-order valence-electron chi connectivity index (χ1n) is 8.86. The van der Waals surface area contributed by atoms with Crippen LogP contribution in [0.25, 0.3) is 11.5 Å². The first kappa shape index (κ1) is 19.3. The van der Waals surface area contributed by atoms with Crippen molar-refractivity contribution in [2.24, 2.45) is 0 Å². The first-order chi connectivity index (χ1) is 14.1. The van der Waals surface area contributed by atoms with Gasteiger partial charge in [-0.2, -0.15) is 0 Å². The summed E-state index contributed by atoms with van der Waals surface area (Å²) in [5.74, 6) is 1.27. The summed E-state index contributed by atoms with van der Waals surface area (Å²) in [6.07, 6.45) is 1.73. The van der Waals surface area contributed by atoms with Gasteiger partial charge in [0.05, 0.1) is 11.5 Å². The molecule has 0 atom stereocenters. The van der Waals surface area contributed by atoms with Crippen molar-refractivity contribution in [3.63, 3.8) is 0 Å². The molecule has 0 saturated heterocycles. The van der Waals surface area contributed by atoms with Gasteiger partial charge in [-0.25, -0.2) is 0 Å². The monoisotopic (exact) mass is 423 g/mol. The van der Waals surface area contributed by atoms with Gasteiger partial charge in [-0.15, -0.1) is 21.5 Å². The molecule has 146 valence electrons. The van der Waals surface area contributed by atoms with E-state index in [9.17, 15) is 10.1 Å². The van der Waals surface area contributed by atoms with Crippen LogP contribution < -0.4 is 0 Å². The Bertz CT molecular complexity index is 1130. The Kier molecular flexibility index (Phi) is 5.68. The molecule has 3 heterocycles. The van der Waals surface area contributed by atoms with Crippen molar-refractivity contribution in [2.75, 3.05) is 0 Å². The van der Waals surface area contributed by atoms with Gasteiger partial charge < -0.3 is 0 Å².